The lowest BCUT2D eigenvalue weighted by Crippen LogP contribution is -2.48. The maximum absolute atomic E-state index is 11.7. The average molecular weight is 200 g/mol. The number of carbonyl (C=O) groups is 1. The predicted molar refractivity (Wildman–Crippen MR) is 55.0 cm³/mol. The van der Waals surface area contributed by atoms with Crippen LogP contribution in [0.3, 0.4) is 0 Å². The number of hydrogen-bond donors (Lipinski definition) is 2. The van der Waals surface area contributed by atoms with E-state index in [0.29, 0.717) is 6.54 Å². The first-order valence-electron chi connectivity index (χ1n) is 5.40. The van der Waals surface area contributed by atoms with Crippen LogP contribution >= 0.6 is 0 Å². The molecule has 0 aromatic heterocycles. The highest BCUT2D eigenvalue weighted by molar-refractivity contribution is 5.78. The molecule has 0 bridgehead atoms. The average Bonchev–Trinajstić information content (AvgIpc) is 2.25. The van der Waals surface area contributed by atoms with Gasteiger partial charge in [0.25, 0.3) is 0 Å². The summed E-state index contributed by atoms with van der Waals surface area (Å²) < 4.78 is 0. The minimum atomic E-state index is 0.0508. The summed E-state index contributed by atoms with van der Waals surface area (Å²) in [6.07, 6.45) is 3.12. The fourth-order valence-electron chi connectivity index (χ4n) is 1.85. The van der Waals surface area contributed by atoms with Crippen LogP contribution in [0.5, 0.6) is 0 Å². The Balaban J connectivity index is 2.41. The summed E-state index contributed by atoms with van der Waals surface area (Å²) in [7, 11) is 0. The molecule has 1 saturated heterocycles. The smallest absolute Gasteiger partial charge is 0.236 e. The zero-order valence-corrected chi connectivity index (χ0v) is 8.83. The Bertz CT molecular complexity index is 185. The second kappa shape index (κ2) is 5.98. The molecule has 0 aromatic rings. The van der Waals surface area contributed by atoms with Crippen molar-refractivity contribution in [1.82, 2.24) is 10.2 Å². The van der Waals surface area contributed by atoms with Crippen LogP contribution in [0.15, 0.2) is 0 Å². The Morgan fingerprint density at radius 3 is 3.00 bits per heavy atom. The van der Waals surface area contributed by atoms with E-state index in [4.69, 9.17) is 5.11 Å². The number of aliphatic hydroxyl groups is 1. The maximum atomic E-state index is 11.7. The number of aliphatic hydroxyl groups excluding tert-OH is 1. The van der Waals surface area contributed by atoms with E-state index in [1.54, 1.807) is 0 Å². The molecular weight excluding hydrogens is 180 g/mol. The Morgan fingerprint density at radius 1 is 1.57 bits per heavy atom. The van der Waals surface area contributed by atoms with Gasteiger partial charge in [-0.15, -0.1) is 0 Å². The van der Waals surface area contributed by atoms with Crippen LogP contribution in [0.25, 0.3) is 0 Å². The van der Waals surface area contributed by atoms with E-state index in [1.807, 2.05) is 11.8 Å². The van der Waals surface area contributed by atoms with Gasteiger partial charge in [0.1, 0.15) is 0 Å². The van der Waals surface area contributed by atoms with Crippen LogP contribution in [0.1, 0.15) is 26.2 Å². The highest BCUT2D eigenvalue weighted by Gasteiger charge is 2.25. The van der Waals surface area contributed by atoms with Crippen molar-refractivity contribution in [2.75, 3.05) is 26.2 Å². The second-order valence-corrected chi connectivity index (χ2v) is 3.70. The van der Waals surface area contributed by atoms with Crippen LogP contribution in [0, 0.1) is 0 Å². The van der Waals surface area contributed by atoms with Crippen molar-refractivity contribution in [3.8, 4) is 0 Å². The minimum absolute atomic E-state index is 0.0508. The van der Waals surface area contributed by atoms with Crippen molar-refractivity contribution in [3.63, 3.8) is 0 Å². The van der Waals surface area contributed by atoms with Gasteiger partial charge in [0.15, 0.2) is 0 Å². The molecule has 0 radical (unpaired) electrons. The topological polar surface area (TPSA) is 52.6 Å². The molecule has 0 aliphatic carbocycles. The van der Waals surface area contributed by atoms with E-state index in [0.717, 1.165) is 32.4 Å². The lowest BCUT2D eigenvalue weighted by molar-refractivity contribution is -0.134. The monoisotopic (exact) mass is 200 g/mol. The Labute approximate surface area is 85.3 Å². The van der Waals surface area contributed by atoms with E-state index in [-0.39, 0.29) is 18.6 Å². The zero-order chi connectivity index (χ0) is 10.4. The minimum Gasteiger partial charge on any atom is -0.394 e. The van der Waals surface area contributed by atoms with Gasteiger partial charge < -0.3 is 15.3 Å². The molecule has 82 valence electrons. The molecule has 1 amide bonds. The fraction of sp³-hybridized carbons (Fsp3) is 0.900. The molecule has 1 atom stereocenters. The molecule has 1 unspecified atom stereocenters. The Hall–Kier alpha value is -0.610. The summed E-state index contributed by atoms with van der Waals surface area (Å²) in [6, 6.07) is 0.0508. The van der Waals surface area contributed by atoms with Gasteiger partial charge in [-0.2, -0.15) is 0 Å². The number of rotatable bonds is 4. The second-order valence-electron chi connectivity index (χ2n) is 3.70. The van der Waals surface area contributed by atoms with Crippen molar-refractivity contribution in [1.29, 1.82) is 0 Å². The molecule has 4 heteroatoms. The first-order chi connectivity index (χ1) is 6.79. The van der Waals surface area contributed by atoms with Crippen molar-refractivity contribution in [2.24, 2.45) is 0 Å². The van der Waals surface area contributed by atoms with Crippen molar-refractivity contribution >= 4 is 5.91 Å². The first-order valence-corrected chi connectivity index (χ1v) is 5.40. The normalized spacial score (nSPS) is 22.4. The number of likely N-dealkylation sites (tertiary alicyclic amines) is 1. The Morgan fingerprint density at radius 2 is 2.36 bits per heavy atom. The number of nitrogens with zero attached hydrogens (tertiary/aromatic N) is 1. The van der Waals surface area contributed by atoms with Gasteiger partial charge in [-0.25, -0.2) is 0 Å². The highest BCUT2D eigenvalue weighted by Crippen LogP contribution is 2.16. The van der Waals surface area contributed by atoms with E-state index in [9.17, 15) is 4.79 Å². The summed E-state index contributed by atoms with van der Waals surface area (Å²) in [5.74, 6) is 0.116. The van der Waals surface area contributed by atoms with Gasteiger partial charge in [-0.05, 0) is 25.8 Å². The third-order valence-corrected chi connectivity index (χ3v) is 2.68. The van der Waals surface area contributed by atoms with Crippen molar-refractivity contribution in [2.45, 2.75) is 32.2 Å². The van der Waals surface area contributed by atoms with Crippen LogP contribution in [0.2, 0.25) is 0 Å². The summed E-state index contributed by atoms with van der Waals surface area (Å²) in [5.41, 5.74) is 0. The van der Waals surface area contributed by atoms with Gasteiger partial charge in [0, 0.05) is 6.54 Å². The molecule has 1 fully saturated rings. The van der Waals surface area contributed by atoms with Crippen LogP contribution < -0.4 is 5.32 Å². The fourth-order valence-corrected chi connectivity index (χ4v) is 1.85. The molecule has 1 heterocycles. The molecule has 4 nitrogen and oxygen atoms in total. The summed E-state index contributed by atoms with van der Waals surface area (Å²) >= 11 is 0. The SMILES string of the molecule is CCNCC(=O)N1CCCCC1CO. The highest BCUT2D eigenvalue weighted by atomic mass is 16.3. The van der Waals surface area contributed by atoms with E-state index in [1.165, 1.54) is 0 Å². The maximum Gasteiger partial charge on any atom is 0.236 e. The number of amides is 1. The zero-order valence-electron chi connectivity index (χ0n) is 8.83. The number of piperidine rings is 1. The number of hydrogen-bond acceptors (Lipinski definition) is 3. The molecule has 1 aliphatic heterocycles. The largest absolute Gasteiger partial charge is 0.394 e. The van der Waals surface area contributed by atoms with E-state index < -0.39 is 0 Å². The molecule has 1 aliphatic rings. The summed E-state index contributed by atoms with van der Waals surface area (Å²) in [4.78, 5) is 13.5. The number of nitrogens with one attached hydrogen (secondary N) is 1. The lowest BCUT2D eigenvalue weighted by Gasteiger charge is -2.34. The van der Waals surface area contributed by atoms with Crippen molar-refractivity contribution in [3.05, 3.63) is 0 Å². The number of carbonyl (C=O) groups excluding carboxylic acids is 1. The van der Waals surface area contributed by atoms with Crippen LogP contribution in [-0.2, 0) is 4.79 Å². The molecule has 0 aromatic carbocycles. The van der Waals surface area contributed by atoms with Gasteiger partial charge >= 0.3 is 0 Å². The Kier molecular flexibility index (Phi) is 4.90. The van der Waals surface area contributed by atoms with E-state index in [2.05, 4.69) is 5.32 Å². The lowest BCUT2D eigenvalue weighted by atomic mass is 10.0. The van der Waals surface area contributed by atoms with Crippen LogP contribution in [-0.4, -0.2) is 48.2 Å². The molecule has 0 saturated carbocycles. The third-order valence-electron chi connectivity index (χ3n) is 2.68. The first kappa shape index (κ1) is 11.5. The molecule has 0 spiro atoms. The number of likely N-dealkylation sites (N-methyl/N-ethyl adjacent to an activating group) is 1. The van der Waals surface area contributed by atoms with Gasteiger partial charge in [-0.1, -0.05) is 6.92 Å². The van der Waals surface area contributed by atoms with Crippen LogP contribution in [0.4, 0.5) is 0 Å². The van der Waals surface area contributed by atoms with Gasteiger partial charge in [-0.3, -0.25) is 4.79 Å². The molecule has 1 rings (SSSR count). The standard InChI is InChI=1S/C10H20N2O2/c1-2-11-7-10(14)12-6-4-3-5-9(12)8-13/h9,11,13H,2-8H2,1H3. The predicted octanol–water partition coefficient (Wildman–Crippen LogP) is -0.0307. The van der Waals surface area contributed by atoms with Crippen molar-refractivity contribution < 1.29 is 9.90 Å². The van der Waals surface area contributed by atoms with Gasteiger partial charge in [0.05, 0.1) is 19.2 Å². The molecular formula is C10H20N2O2. The quantitative estimate of drug-likeness (QED) is 0.670. The third kappa shape index (κ3) is 2.96. The van der Waals surface area contributed by atoms with Gasteiger partial charge in [0.2, 0.25) is 5.91 Å². The summed E-state index contributed by atoms with van der Waals surface area (Å²) in [5, 5.41) is 12.1. The molecule has 14 heavy (non-hydrogen) atoms. The molecule has 2 N–H and O–H groups in total. The summed E-state index contributed by atoms with van der Waals surface area (Å²) in [6.45, 7) is 4.08. The van der Waals surface area contributed by atoms with E-state index >= 15 is 0 Å².